The molecule has 0 aliphatic rings. The molecule has 0 spiro atoms. The smallest absolute Gasteiger partial charge is 0.333 e. The summed E-state index contributed by atoms with van der Waals surface area (Å²) >= 11 is 0. The standard InChI is InChI=1S/C11H12N2O5/c12-9(6-1-3-7(15)4-2-6)10(16)13-8(5-14)11(17)18/h1-5,8-9,15H,12H2,(H,13,16)(H,17,18)/t8-,9-/m0/s1. The van der Waals surface area contributed by atoms with Gasteiger partial charge in [-0.25, -0.2) is 4.79 Å². The first-order valence-electron chi connectivity index (χ1n) is 4.98. The summed E-state index contributed by atoms with van der Waals surface area (Å²) in [5.41, 5.74) is 5.98. The van der Waals surface area contributed by atoms with E-state index in [0.29, 0.717) is 5.56 Å². The molecule has 0 unspecified atom stereocenters. The van der Waals surface area contributed by atoms with Crippen LogP contribution in [0.1, 0.15) is 11.6 Å². The quantitative estimate of drug-likeness (QED) is 0.399. The van der Waals surface area contributed by atoms with Gasteiger partial charge in [0.05, 0.1) is 0 Å². The Hall–Kier alpha value is -2.41. The third-order valence-corrected chi connectivity index (χ3v) is 2.23. The van der Waals surface area contributed by atoms with Crippen LogP contribution in [0.25, 0.3) is 0 Å². The number of carbonyl (C=O) groups is 3. The van der Waals surface area contributed by atoms with E-state index in [2.05, 4.69) is 0 Å². The lowest BCUT2D eigenvalue weighted by Gasteiger charge is -2.14. The number of aromatic hydroxyl groups is 1. The van der Waals surface area contributed by atoms with Crippen LogP contribution in [0.15, 0.2) is 24.3 Å². The summed E-state index contributed by atoms with van der Waals surface area (Å²) in [6.07, 6.45) is 0.101. The lowest BCUT2D eigenvalue weighted by molar-refractivity contribution is -0.143. The molecule has 0 bridgehead atoms. The predicted molar refractivity (Wildman–Crippen MR) is 60.7 cm³/mol. The minimum Gasteiger partial charge on any atom is -0.508 e. The minimum atomic E-state index is -1.62. The molecule has 7 nitrogen and oxygen atoms in total. The van der Waals surface area contributed by atoms with Gasteiger partial charge in [0.25, 0.3) is 0 Å². The summed E-state index contributed by atoms with van der Waals surface area (Å²) in [6.45, 7) is 0. The Labute approximate surface area is 102 Å². The summed E-state index contributed by atoms with van der Waals surface area (Å²) < 4.78 is 0. The highest BCUT2D eigenvalue weighted by Gasteiger charge is 2.23. The Balaban J connectivity index is 2.75. The van der Waals surface area contributed by atoms with E-state index in [0.717, 1.165) is 0 Å². The van der Waals surface area contributed by atoms with Gasteiger partial charge in [-0.3, -0.25) is 4.79 Å². The normalized spacial score (nSPS) is 13.4. The second kappa shape index (κ2) is 5.78. The van der Waals surface area contributed by atoms with Gasteiger partial charge in [-0.2, -0.15) is 0 Å². The fraction of sp³-hybridized carbons (Fsp3) is 0.182. The molecule has 1 rings (SSSR count). The van der Waals surface area contributed by atoms with Gasteiger partial charge in [0.1, 0.15) is 11.8 Å². The molecular weight excluding hydrogens is 240 g/mol. The topological polar surface area (TPSA) is 130 Å². The lowest BCUT2D eigenvalue weighted by atomic mass is 10.1. The Morgan fingerprint density at radius 2 is 1.83 bits per heavy atom. The Morgan fingerprint density at radius 3 is 2.28 bits per heavy atom. The van der Waals surface area contributed by atoms with Crippen LogP contribution in [0.2, 0.25) is 0 Å². The van der Waals surface area contributed by atoms with Crippen molar-refractivity contribution in [2.24, 2.45) is 5.73 Å². The van der Waals surface area contributed by atoms with Crippen molar-refractivity contribution < 1.29 is 24.6 Å². The number of phenols is 1. The lowest BCUT2D eigenvalue weighted by Crippen LogP contribution is -2.45. The molecule has 1 aromatic rings. The van der Waals surface area contributed by atoms with Crippen molar-refractivity contribution in [1.82, 2.24) is 5.32 Å². The monoisotopic (exact) mass is 252 g/mol. The summed E-state index contributed by atoms with van der Waals surface area (Å²) in [7, 11) is 0. The minimum absolute atomic E-state index is 0.0164. The van der Waals surface area contributed by atoms with Crippen LogP contribution in [-0.4, -0.2) is 34.4 Å². The Kier molecular flexibility index (Phi) is 4.39. The second-order valence-corrected chi connectivity index (χ2v) is 3.53. The fourth-order valence-electron chi connectivity index (χ4n) is 1.23. The Morgan fingerprint density at radius 1 is 1.28 bits per heavy atom. The van der Waals surface area contributed by atoms with Crippen molar-refractivity contribution in [2.75, 3.05) is 0 Å². The number of nitrogens with two attached hydrogens (primary N) is 1. The number of nitrogens with one attached hydrogen (secondary N) is 1. The van der Waals surface area contributed by atoms with Crippen LogP contribution in [0.4, 0.5) is 0 Å². The van der Waals surface area contributed by atoms with Crippen molar-refractivity contribution in [3.8, 4) is 5.75 Å². The summed E-state index contributed by atoms with van der Waals surface area (Å²) in [5.74, 6) is -2.24. The first-order valence-corrected chi connectivity index (χ1v) is 4.98. The molecule has 5 N–H and O–H groups in total. The average molecular weight is 252 g/mol. The van der Waals surface area contributed by atoms with Gasteiger partial charge in [0.2, 0.25) is 5.91 Å². The number of hydrogen-bond acceptors (Lipinski definition) is 5. The molecule has 0 saturated carbocycles. The van der Waals surface area contributed by atoms with Crippen LogP contribution in [0, 0.1) is 0 Å². The molecule has 0 saturated heterocycles. The van der Waals surface area contributed by atoms with E-state index in [1.165, 1.54) is 24.3 Å². The number of aliphatic carboxylic acids is 1. The zero-order valence-corrected chi connectivity index (χ0v) is 9.24. The molecule has 0 aromatic heterocycles. The predicted octanol–water partition coefficient (Wildman–Crippen LogP) is -0.840. The van der Waals surface area contributed by atoms with Crippen LogP contribution >= 0.6 is 0 Å². The number of rotatable bonds is 5. The maximum absolute atomic E-state index is 11.6. The number of benzene rings is 1. The van der Waals surface area contributed by atoms with Crippen LogP contribution < -0.4 is 11.1 Å². The summed E-state index contributed by atoms with van der Waals surface area (Å²) in [5, 5.41) is 19.6. The third-order valence-electron chi connectivity index (χ3n) is 2.23. The van der Waals surface area contributed by atoms with Crippen molar-refractivity contribution in [1.29, 1.82) is 0 Å². The molecular formula is C11H12N2O5. The van der Waals surface area contributed by atoms with Crippen molar-refractivity contribution in [2.45, 2.75) is 12.1 Å². The number of aldehydes is 1. The van der Waals surface area contributed by atoms with Gasteiger partial charge in [-0.05, 0) is 17.7 Å². The molecule has 18 heavy (non-hydrogen) atoms. The van der Waals surface area contributed by atoms with Crippen molar-refractivity contribution in [3.05, 3.63) is 29.8 Å². The van der Waals surface area contributed by atoms with E-state index < -0.39 is 24.0 Å². The Bertz CT molecular complexity index is 457. The average Bonchev–Trinajstić information content (AvgIpc) is 2.35. The van der Waals surface area contributed by atoms with Crippen molar-refractivity contribution in [3.63, 3.8) is 0 Å². The van der Waals surface area contributed by atoms with E-state index in [1.54, 1.807) is 0 Å². The number of carboxylic acid groups (broad SMARTS) is 1. The van der Waals surface area contributed by atoms with E-state index >= 15 is 0 Å². The molecule has 0 aliphatic carbocycles. The number of amides is 1. The molecule has 0 heterocycles. The zero-order chi connectivity index (χ0) is 13.7. The number of hydrogen-bond donors (Lipinski definition) is 4. The largest absolute Gasteiger partial charge is 0.508 e. The van der Waals surface area contributed by atoms with E-state index in [4.69, 9.17) is 15.9 Å². The van der Waals surface area contributed by atoms with Gasteiger partial charge >= 0.3 is 5.97 Å². The molecule has 96 valence electrons. The highest BCUT2D eigenvalue weighted by molar-refractivity contribution is 5.96. The second-order valence-electron chi connectivity index (χ2n) is 3.53. The van der Waals surface area contributed by atoms with E-state index in [1.807, 2.05) is 5.32 Å². The fourth-order valence-corrected chi connectivity index (χ4v) is 1.23. The third kappa shape index (κ3) is 3.29. The van der Waals surface area contributed by atoms with Gasteiger partial charge in [-0.15, -0.1) is 0 Å². The van der Waals surface area contributed by atoms with E-state index in [9.17, 15) is 14.4 Å². The van der Waals surface area contributed by atoms with E-state index in [-0.39, 0.29) is 12.0 Å². The zero-order valence-electron chi connectivity index (χ0n) is 9.24. The number of phenolic OH excluding ortho intramolecular Hbond substituents is 1. The van der Waals surface area contributed by atoms with Gasteiger partial charge in [0, 0.05) is 0 Å². The highest BCUT2D eigenvalue weighted by atomic mass is 16.4. The highest BCUT2D eigenvalue weighted by Crippen LogP contribution is 2.15. The van der Waals surface area contributed by atoms with Crippen LogP contribution in [0.5, 0.6) is 5.75 Å². The van der Waals surface area contributed by atoms with Gasteiger partial charge in [0.15, 0.2) is 12.3 Å². The molecule has 2 atom stereocenters. The summed E-state index contributed by atoms with van der Waals surface area (Å²) in [4.78, 5) is 32.5. The molecule has 1 amide bonds. The first kappa shape index (κ1) is 13.7. The summed E-state index contributed by atoms with van der Waals surface area (Å²) in [6, 6.07) is 2.80. The molecule has 7 heteroatoms. The molecule has 1 aromatic carbocycles. The molecule has 0 aliphatic heterocycles. The maximum Gasteiger partial charge on any atom is 0.333 e. The number of carbonyl (C=O) groups excluding carboxylic acids is 2. The first-order chi connectivity index (χ1) is 8.45. The van der Waals surface area contributed by atoms with Crippen molar-refractivity contribution >= 4 is 18.2 Å². The molecule has 0 fully saturated rings. The van der Waals surface area contributed by atoms with Crippen LogP contribution in [0.3, 0.4) is 0 Å². The number of carboxylic acids is 1. The SMILES string of the molecule is N[C@H](C(=O)N[C@@H](C=O)C(=O)O)c1ccc(O)cc1. The van der Waals surface area contributed by atoms with Crippen LogP contribution in [-0.2, 0) is 14.4 Å². The maximum atomic E-state index is 11.6. The van der Waals surface area contributed by atoms with Gasteiger partial charge < -0.3 is 26.1 Å². The molecule has 0 radical (unpaired) electrons. The van der Waals surface area contributed by atoms with Gasteiger partial charge in [-0.1, -0.05) is 12.1 Å².